The van der Waals surface area contributed by atoms with E-state index in [-0.39, 0.29) is 11.8 Å². The van der Waals surface area contributed by atoms with E-state index < -0.39 is 35.7 Å². The number of aliphatic carboxylic acids is 1. The minimum absolute atomic E-state index is 0.0609. The molecule has 3 rings (SSSR count). The summed E-state index contributed by atoms with van der Waals surface area (Å²) in [4.78, 5) is 36.3. The van der Waals surface area contributed by atoms with Crippen LogP contribution in [0.4, 0.5) is 0 Å². The van der Waals surface area contributed by atoms with E-state index >= 15 is 0 Å². The summed E-state index contributed by atoms with van der Waals surface area (Å²) in [6.45, 7) is 5.48. The topological polar surface area (TPSA) is 105 Å². The summed E-state index contributed by atoms with van der Waals surface area (Å²) in [5, 5.41) is 9.44. The number of aryl methyl sites for hydroxylation is 2. The van der Waals surface area contributed by atoms with Crippen molar-refractivity contribution in [3.8, 4) is 5.75 Å². The van der Waals surface area contributed by atoms with Crippen LogP contribution in [0.15, 0.2) is 18.2 Å². The molecule has 0 unspecified atom stereocenters. The number of ether oxygens (including phenoxy) is 1. The Kier molecular flexibility index (Phi) is 5.39. The van der Waals surface area contributed by atoms with Crippen molar-refractivity contribution in [3.63, 3.8) is 0 Å². The van der Waals surface area contributed by atoms with Crippen molar-refractivity contribution in [2.24, 2.45) is 23.7 Å². The van der Waals surface area contributed by atoms with Gasteiger partial charge in [-0.05, 0) is 75.1 Å². The average Bonchev–Trinajstić information content (AvgIpc) is 3.19. The van der Waals surface area contributed by atoms with Gasteiger partial charge in [0.2, 0.25) is 5.91 Å². The van der Waals surface area contributed by atoms with Gasteiger partial charge in [0.05, 0.1) is 11.8 Å². The maximum Gasteiger partial charge on any atom is 0.307 e. The van der Waals surface area contributed by atoms with E-state index in [1.54, 1.807) is 6.92 Å². The summed E-state index contributed by atoms with van der Waals surface area (Å²) in [6, 6.07) is 5.68. The van der Waals surface area contributed by atoms with Gasteiger partial charge >= 0.3 is 5.97 Å². The Bertz CT molecular complexity index is 742. The molecule has 2 saturated carbocycles. The van der Waals surface area contributed by atoms with Crippen molar-refractivity contribution in [3.05, 3.63) is 29.3 Å². The number of hydrogen-bond acceptors (Lipinski definition) is 4. The van der Waals surface area contributed by atoms with E-state index in [0.717, 1.165) is 30.4 Å². The molecule has 3 N–H and O–H groups in total. The predicted octanol–water partition coefficient (Wildman–Crippen LogP) is 1.97. The number of carboxylic acid groups (broad SMARTS) is 1. The van der Waals surface area contributed by atoms with Gasteiger partial charge in [0.15, 0.2) is 6.10 Å². The van der Waals surface area contributed by atoms with Gasteiger partial charge in [-0.2, -0.15) is 0 Å². The highest BCUT2D eigenvalue weighted by molar-refractivity contribution is 5.89. The Labute approximate surface area is 158 Å². The van der Waals surface area contributed by atoms with Crippen LogP contribution in [-0.4, -0.2) is 29.0 Å². The molecule has 0 saturated heterocycles. The van der Waals surface area contributed by atoms with E-state index in [4.69, 9.17) is 4.74 Å². The number of fused-ring (bicyclic) bond motifs is 2. The van der Waals surface area contributed by atoms with Crippen molar-refractivity contribution < 1.29 is 24.2 Å². The lowest BCUT2D eigenvalue weighted by Crippen LogP contribution is -2.51. The van der Waals surface area contributed by atoms with Gasteiger partial charge < -0.3 is 9.84 Å². The van der Waals surface area contributed by atoms with E-state index in [0.29, 0.717) is 5.75 Å². The maximum atomic E-state index is 12.5. The number of rotatable bonds is 5. The molecule has 146 valence electrons. The van der Waals surface area contributed by atoms with Crippen LogP contribution in [-0.2, 0) is 14.4 Å². The number of benzene rings is 1. The molecule has 2 aliphatic rings. The molecule has 2 bridgehead atoms. The van der Waals surface area contributed by atoms with Gasteiger partial charge in [-0.1, -0.05) is 6.07 Å². The third-order valence-corrected chi connectivity index (χ3v) is 5.69. The molecule has 27 heavy (non-hydrogen) atoms. The molecule has 2 aliphatic carbocycles. The summed E-state index contributed by atoms with van der Waals surface area (Å²) in [5.41, 5.74) is 6.83. The lowest BCUT2D eigenvalue weighted by molar-refractivity contribution is -0.150. The number of carbonyl (C=O) groups excluding carboxylic acids is 2. The van der Waals surface area contributed by atoms with Gasteiger partial charge in [0, 0.05) is 0 Å². The molecule has 0 radical (unpaired) electrons. The first kappa shape index (κ1) is 19.2. The van der Waals surface area contributed by atoms with E-state index in [9.17, 15) is 19.5 Å². The van der Waals surface area contributed by atoms with E-state index in [1.165, 1.54) is 0 Å². The molecular weight excluding hydrogens is 348 g/mol. The van der Waals surface area contributed by atoms with Crippen molar-refractivity contribution in [2.45, 2.75) is 46.1 Å². The Morgan fingerprint density at radius 3 is 2.22 bits per heavy atom. The van der Waals surface area contributed by atoms with Crippen LogP contribution in [0.1, 0.15) is 37.3 Å². The lowest BCUT2D eigenvalue weighted by Gasteiger charge is -2.27. The first-order valence-corrected chi connectivity index (χ1v) is 9.33. The van der Waals surface area contributed by atoms with Crippen molar-refractivity contribution >= 4 is 17.8 Å². The zero-order valence-electron chi connectivity index (χ0n) is 15.8. The zero-order valence-corrected chi connectivity index (χ0v) is 15.8. The molecule has 2 fully saturated rings. The monoisotopic (exact) mass is 374 g/mol. The summed E-state index contributed by atoms with van der Waals surface area (Å²) in [7, 11) is 0. The molecule has 0 aliphatic heterocycles. The second-order valence-corrected chi connectivity index (χ2v) is 7.79. The minimum atomic E-state index is -0.930. The molecule has 1 aromatic rings. The Morgan fingerprint density at radius 2 is 1.63 bits per heavy atom. The molecule has 0 aromatic heterocycles. The Morgan fingerprint density at radius 1 is 1.04 bits per heavy atom. The molecule has 7 nitrogen and oxygen atoms in total. The van der Waals surface area contributed by atoms with Crippen LogP contribution < -0.4 is 15.6 Å². The van der Waals surface area contributed by atoms with Crippen LogP contribution >= 0.6 is 0 Å². The quantitative estimate of drug-likeness (QED) is 0.684. The zero-order chi connectivity index (χ0) is 19.7. The average molecular weight is 374 g/mol. The standard InChI is InChI=1S/C20H26N2O5/c1-10-6-11(2)8-15(7-10)27-12(3)18(23)21-22-19(24)16-13-4-5-14(9-13)17(16)20(25)26/h6-8,12-14,16-17H,4-5,9H2,1-3H3,(H,21,23)(H,22,24)(H,25,26)/t12-,13-,14+,16+,17+/m1/s1. The SMILES string of the molecule is Cc1cc(C)cc(O[C@H](C)C(=O)NNC(=O)[C@H]2[C@@H]3CC[C@@H](C3)[C@@H]2C(=O)O)c1. The third-order valence-electron chi connectivity index (χ3n) is 5.69. The predicted molar refractivity (Wildman–Crippen MR) is 97.7 cm³/mol. The molecule has 5 atom stereocenters. The highest BCUT2D eigenvalue weighted by Gasteiger charge is 2.54. The number of carboxylic acids is 1. The fourth-order valence-electron chi connectivity index (χ4n) is 4.59. The molecule has 0 spiro atoms. The smallest absolute Gasteiger partial charge is 0.307 e. The third kappa shape index (κ3) is 4.07. The van der Waals surface area contributed by atoms with E-state index in [1.807, 2.05) is 32.0 Å². The number of carbonyl (C=O) groups is 3. The minimum Gasteiger partial charge on any atom is -0.481 e. The van der Waals surface area contributed by atoms with Gasteiger partial charge in [-0.15, -0.1) is 0 Å². The van der Waals surface area contributed by atoms with Gasteiger partial charge in [0.25, 0.3) is 5.91 Å². The summed E-state index contributed by atoms with van der Waals surface area (Å²) in [5.74, 6) is -2.37. The van der Waals surface area contributed by atoms with Crippen LogP contribution in [0.2, 0.25) is 0 Å². The fraction of sp³-hybridized carbons (Fsp3) is 0.550. The van der Waals surface area contributed by atoms with Crippen molar-refractivity contribution in [1.82, 2.24) is 10.9 Å². The summed E-state index contributed by atoms with van der Waals surface area (Å²) < 4.78 is 5.65. The van der Waals surface area contributed by atoms with Gasteiger partial charge in [0.1, 0.15) is 5.75 Å². The van der Waals surface area contributed by atoms with Crippen molar-refractivity contribution in [1.29, 1.82) is 0 Å². The Balaban J connectivity index is 1.55. The molecule has 0 heterocycles. The highest BCUT2D eigenvalue weighted by Crippen LogP contribution is 2.52. The number of amides is 2. The number of hydrogen-bond donors (Lipinski definition) is 3. The largest absolute Gasteiger partial charge is 0.481 e. The normalized spacial score (nSPS) is 27.1. The molecule has 2 amide bonds. The second kappa shape index (κ2) is 7.58. The number of hydrazine groups is 1. The van der Waals surface area contributed by atoms with E-state index in [2.05, 4.69) is 10.9 Å². The van der Waals surface area contributed by atoms with Crippen LogP contribution in [0.25, 0.3) is 0 Å². The molecular formula is C20H26N2O5. The van der Waals surface area contributed by atoms with Crippen LogP contribution in [0, 0.1) is 37.5 Å². The van der Waals surface area contributed by atoms with Crippen LogP contribution in [0.3, 0.4) is 0 Å². The highest BCUT2D eigenvalue weighted by atomic mass is 16.5. The van der Waals surface area contributed by atoms with Crippen LogP contribution in [0.5, 0.6) is 5.75 Å². The maximum absolute atomic E-state index is 12.5. The second-order valence-electron chi connectivity index (χ2n) is 7.79. The summed E-state index contributed by atoms with van der Waals surface area (Å²) in [6.07, 6.45) is 1.70. The number of nitrogens with one attached hydrogen (secondary N) is 2. The van der Waals surface area contributed by atoms with Gasteiger partial charge in [-0.3, -0.25) is 25.2 Å². The molecule has 1 aromatic carbocycles. The van der Waals surface area contributed by atoms with Crippen molar-refractivity contribution in [2.75, 3.05) is 0 Å². The first-order valence-electron chi connectivity index (χ1n) is 9.33. The lowest BCUT2D eigenvalue weighted by atomic mass is 9.79. The Hall–Kier alpha value is -2.57. The first-order chi connectivity index (χ1) is 12.8. The summed E-state index contributed by atoms with van der Waals surface area (Å²) >= 11 is 0. The van der Waals surface area contributed by atoms with Gasteiger partial charge in [-0.25, -0.2) is 0 Å². The molecule has 7 heteroatoms. The fourth-order valence-corrected chi connectivity index (χ4v) is 4.59.